The molecule has 108 valence electrons. The molecule has 0 spiro atoms. The van der Waals surface area contributed by atoms with Crippen molar-refractivity contribution in [3.05, 3.63) is 5.82 Å². The third-order valence-electron chi connectivity index (χ3n) is 2.98. The average Bonchev–Trinajstić information content (AvgIpc) is 2.80. The van der Waals surface area contributed by atoms with Gasteiger partial charge < -0.3 is 10.2 Å². The summed E-state index contributed by atoms with van der Waals surface area (Å²) in [6.45, 7) is 5.41. The standard InChI is InChI=1S/C10H16F3N5S/c1-17-4-6-18(7-5-17)3-2-14-9-15-8(16-19-9)10(11,12)13/h2-7H2,1H3,(H,14,15,16). The molecule has 19 heavy (non-hydrogen) atoms. The molecule has 1 N–H and O–H groups in total. The van der Waals surface area contributed by atoms with Crippen molar-refractivity contribution in [2.75, 3.05) is 51.6 Å². The van der Waals surface area contributed by atoms with Gasteiger partial charge in [-0.2, -0.15) is 22.5 Å². The number of likely N-dealkylation sites (N-methyl/N-ethyl adjacent to an activating group) is 1. The van der Waals surface area contributed by atoms with Gasteiger partial charge in [-0.25, -0.2) is 0 Å². The summed E-state index contributed by atoms with van der Waals surface area (Å²) in [4.78, 5) is 7.95. The molecule has 0 bridgehead atoms. The van der Waals surface area contributed by atoms with E-state index in [9.17, 15) is 13.2 Å². The van der Waals surface area contributed by atoms with Crippen LogP contribution in [0, 0.1) is 0 Å². The topological polar surface area (TPSA) is 44.3 Å². The second-order valence-corrected chi connectivity index (χ2v) is 5.24. The van der Waals surface area contributed by atoms with Gasteiger partial charge in [0.15, 0.2) is 0 Å². The third-order valence-corrected chi connectivity index (χ3v) is 3.65. The maximum Gasteiger partial charge on any atom is 0.452 e. The highest BCUT2D eigenvalue weighted by Gasteiger charge is 2.36. The van der Waals surface area contributed by atoms with Crippen molar-refractivity contribution >= 4 is 16.7 Å². The van der Waals surface area contributed by atoms with E-state index in [1.807, 2.05) is 0 Å². The van der Waals surface area contributed by atoms with Gasteiger partial charge in [0.2, 0.25) is 11.0 Å². The lowest BCUT2D eigenvalue weighted by Gasteiger charge is -2.32. The van der Waals surface area contributed by atoms with Gasteiger partial charge in [0.05, 0.1) is 0 Å². The van der Waals surface area contributed by atoms with E-state index < -0.39 is 12.0 Å². The van der Waals surface area contributed by atoms with Gasteiger partial charge in [-0.05, 0) is 7.05 Å². The predicted molar refractivity (Wildman–Crippen MR) is 67.3 cm³/mol. The van der Waals surface area contributed by atoms with Gasteiger partial charge in [0.25, 0.3) is 0 Å². The van der Waals surface area contributed by atoms with Crippen molar-refractivity contribution in [2.24, 2.45) is 0 Å². The van der Waals surface area contributed by atoms with Crippen molar-refractivity contribution in [3.8, 4) is 0 Å². The Hall–Kier alpha value is -0.930. The van der Waals surface area contributed by atoms with Crippen molar-refractivity contribution in [2.45, 2.75) is 6.18 Å². The minimum atomic E-state index is -4.46. The Morgan fingerprint density at radius 1 is 1.26 bits per heavy atom. The molecule has 1 aliphatic rings. The molecule has 0 saturated carbocycles. The molecule has 9 heteroatoms. The fourth-order valence-electron chi connectivity index (χ4n) is 1.80. The van der Waals surface area contributed by atoms with E-state index in [1.54, 1.807) is 0 Å². The molecule has 2 rings (SSSR count). The lowest BCUT2D eigenvalue weighted by atomic mass is 10.3. The van der Waals surface area contributed by atoms with Crippen LogP contribution in [0.4, 0.5) is 18.3 Å². The second kappa shape index (κ2) is 6.02. The lowest BCUT2D eigenvalue weighted by molar-refractivity contribution is -0.144. The molecule has 1 aromatic heterocycles. The van der Waals surface area contributed by atoms with Gasteiger partial charge in [0, 0.05) is 50.8 Å². The second-order valence-electron chi connectivity index (χ2n) is 4.49. The molecule has 2 heterocycles. The normalized spacial score (nSPS) is 18.7. The van der Waals surface area contributed by atoms with Crippen LogP contribution in [-0.4, -0.2) is 65.5 Å². The molecular formula is C10H16F3N5S. The van der Waals surface area contributed by atoms with Crippen LogP contribution in [0.1, 0.15) is 5.82 Å². The average molecular weight is 295 g/mol. The predicted octanol–water partition coefficient (Wildman–Crippen LogP) is 1.22. The largest absolute Gasteiger partial charge is 0.452 e. The van der Waals surface area contributed by atoms with E-state index in [0.717, 1.165) is 44.3 Å². The molecule has 0 unspecified atom stereocenters. The van der Waals surface area contributed by atoms with Crippen molar-refractivity contribution in [1.82, 2.24) is 19.2 Å². The number of hydrogen-bond acceptors (Lipinski definition) is 6. The zero-order chi connectivity index (χ0) is 13.9. The molecule has 1 aliphatic heterocycles. The Labute approximate surface area is 113 Å². The number of halogens is 3. The van der Waals surface area contributed by atoms with Gasteiger partial charge in [0.1, 0.15) is 0 Å². The van der Waals surface area contributed by atoms with E-state index in [4.69, 9.17) is 0 Å². The summed E-state index contributed by atoms with van der Waals surface area (Å²) in [7, 11) is 2.08. The first kappa shape index (κ1) is 14.5. The number of anilines is 1. The molecule has 0 amide bonds. The van der Waals surface area contributed by atoms with Crippen LogP contribution in [0.5, 0.6) is 0 Å². The van der Waals surface area contributed by atoms with Crippen LogP contribution in [0.3, 0.4) is 0 Å². The van der Waals surface area contributed by atoms with E-state index in [2.05, 4.69) is 31.5 Å². The minimum absolute atomic E-state index is 0.224. The lowest BCUT2D eigenvalue weighted by Crippen LogP contribution is -2.45. The molecule has 1 fully saturated rings. The van der Waals surface area contributed by atoms with Crippen LogP contribution in [0.25, 0.3) is 0 Å². The molecular weight excluding hydrogens is 279 g/mol. The van der Waals surface area contributed by atoms with Crippen molar-refractivity contribution < 1.29 is 13.2 Å². The number of aromatic nitrogens is 2. The molecule has 0 atom stereocenters. The Morgan fingerprint density at radius 3 is 2.53 bits per heavy atom. The van der Waals surface area contributed by atoms with Crippen LogP contribution in [-0.2, 0) is 6.18 Å². The van der Waals surface area contributed by atoms with Crippen LogP contribution in [0.15, 0.2) is 0 Å². The first-order valence-corrected chi connectivity index (χ1v) is 6.78. The Balaban J connectivity index is 1.72. The number of rotatable bonds is 4. The smallest absolute Gasteiger partial charge is 0.359 e. The monoisotopic (exact) mass is 295 g/mol. The maximum absolute atomic E-state index is 12.3. The summed E-state index contributed by atoms with van der Waals surface area (Å²) in [5, 5.41) is 3.11. The Morgan fingerprint density at radius 2 is 1.95 bits per heavy atom. The van der Waals surface area contributed by atoms with Crippen molar-refractivity contribution in [3.63, 3.8) is 0 Å². The highest BCUT2D eigenvalue weighted by Crippen LogP contribution is 2.28. The number of piperazine rings is 1. The third kappa shape index (κ3) is 4.29. The fraction of sp³-hybridized carbons (Fsp3) is 0.800. The highest BCUT2D eigenvalue weighted by atomic mass is 32.1. The summed E-state index contributed by atoms with van der Waals surface area (Å²) >= 11 is 0.744. The zero-order valence-corrected chi connectivity index (χ0v) is 11.4. The molecule has 1 aromatic rings. The van der Waals surface area contributed by atoms with Crippen molar-refractivity contribution in [1.29, 1.82) is 0 Å². The first-order valence-electron chi connectivity index (χ1n) is 6.01. The molecule has 0 aromatic carbocycles. The molecule has 0 aliphatic carbocycles. The van der Waals surface area contributed by atoms with E-state index >= 15 is 0 Å². The van der Waals surface area contributed by atoms with Crippen LogP contribution >= 0.6 is 11.5 Å². The van der Waals surface area contributed by atoms with Crippen LogP contribution < -0.4 is 5.32 Å². The summed E-state index contributed by atoms with van der Waals surface area (Å²) in [5.74, 6) is -1.07. The van der Waals surface area contributed by atoms with E-state index in [-0.39, 0.29) is 5.13 Å². The Kier molecular flexibility index (Phi) is 4.58. The summed E-state index contributed by atoms with van der Waals surface area (Å²) in [6.07, 6.45) is -4.46. The Bertz CT molecular complexity index is 400. The molecule has 5 nitrogen and oxygen atoms in total. The number of nitrogens with zero attached hydrogens (tertiary/aromatic N) is 4. The maximum atomic E-state index is 12.3. The number of nitrogens with one attached hydrogen (secondary N) is 1. The molecule has 0 radical (unpaired) electrons. The van der Waals surface area contributed by atoms with Gasteiger partial charge in [-0.1, -0.05) is 0 Å². The summed E-state index contributed by atoms with van der Waals surface area (Å²) < 4.78 is 40.2. The SMILES string of the molecule is CN1CCN(CCNc2nc(C(F)(F)F)ns2)CC1. The van der Waals surface area contributed by atoms with E-state index in [1.165, 1.54) is 0 Å². The van der Waals surface area contributed by atoms with Gasteiger partial charge >= 0.3 is 6.18 Å². The van der Waals surface area contributed by atoms with Gasteiger partial charge in [-0.15, -0.1) is 0 Å². The van der Waals surface area contributed by atoms with Gasteiger partial charge in [-0.3, -0.25) is 4.90 Å². The summed E-state index contributed by atoms with van der Waals surface area (Å²) in [6, 6.07) is 0. The fourth-order valence-corrected chi connectivity index (χ4v) is 2.41. The zero-order valence-electron chi connectivity index (χ0n) is 10.6. The first-order chi connectivity index (χ1) is 8.95. The summed E-state index contributed by atoms with van der Waals surface area (Å²) in [5.41, 5.74) is 0. The highest BCUT2D eigenvalue weighted by molar-refractivity contribution is 7.09. The molecule has 1 saturated heterocycles. The quantitative estimate of drug-likeness (QED) is 0.905. The minimum Gasteiger partial charge on any atom is -0.359 e. The van der Waals surface area contributed by atoms with Crippen LogP contribution in [0.2, 0.25) is 0 Å². The number of alkyl halides is 3. The van der Waals surface area contributed by atoms with E-state index in [0.29, 0.717) is 6.54 Å². The number of hydrogen-bond donors (Lipinski definition) is 1.